The molecular weight excluding hydrogens is 200 g/mol. The minimum atomic E-state index is -0.153. The first-order valence-electron chi connectivity index (χ1n) is 6.66. The monoisotopic (exact) mass is 224 g/mol. The minimum absolute atomic E-state index is 0.153. The lowest BCUT2D eigenvalue weighted by molar-refractivity contribution is -0.133. The number of rotatable bonds is 4. The number of carbonyl (C=O) groups is 1. The highest BCUT2D eigenvalue weighted by atomic mass is 16.2. The van der Waals surface area contributed by atoms with Gasteiger partial charge in [0.1, 0.15) is 0 Å². The van der Waals surface area contributed by atoms with Crippen LogP contribution in [0, 0.1) is 5.92 Å². The number of hydrogen-bond donors (Lipinski definition) is 1. The van der Waals surface area contributed by atoms with Gasteiger partial charge >= 0.3 is 0 Å². The van der Waals surface area contributed by atoms with Crippen LogP contribution in [0.2, 0.25) is 0 Å². The SMILES string of the molecule is CCC(CC)C(C)N1C(=O)C2(CC2)NC1C. The van der Waals surface area contributed by atoms with Crippen molar-refractivity contribution in [1.29, 1.82) is 0 Å². The molecule has 0 aromatic carbocycles. The zero-order valence-electron chi connectivity index (χ0n) is 10.9. The molecule has 2 rings (SSSR count). The molecule has 1 saturated heterocycles. The molecule has 2 fully saturated rings. The third-order valence-corrected chi connectivity index (χ3v) is 4.47. The maximum absolute atomic E-state index is 12.3. The third-order valence-electron chi connectivity index (χ3n) is 4.47. The first kappa shape index (κ1) is 11.9. The van der Waals surface area contributed by atoms with Crippen molar-refractivity contribution in [3.8, 4) is 0 Å². The summed E-state index contributed by atoms with van der Waals surface area (Å²) in [5, 5.41) is 3.46. The largest absolute Gasteiger partial charge is 0.323 e. The van der Waals surface area contributed by atoms with E-state index in [1.165, 1.54) is 0 Å². The predicted octanol–water partition coefficient (Wildman–Crippen LogP) is 2.12. The lowest BCUT2D eigenvalue weighted by Gasteiger charge is -2.33. The van der Waals surface area contributed by atoms with Crippen molar-refractivity contribution in [2.24, 2.45) is 5.92 Å². The Balaban J connectivity index is 2.11. The van der Waals surface area contributed by atoms with E-state index < -0.39 is 0 Å². The number of hydrogen-bond acceptors (Lipinski definition) is 2. The normalized spacial score (nSPS) is 29.2. The molecule has 1 aliphatic heterocycles. The Hall–Kier alpha value is -0.570. The summed E-state index contributed by atoms with van der Waals surface area (Å²) in [7, 11) is 0. The van der Waals surface area contributed by atoms with Crippen LogP contribution in [0.15, 0.2) is 0 Å². The van der Waals surface area contributed by atoms with E-state index in [0.29, 0.717) is 17.9 Å². The molecule has 3 heteroatoms. The van der Waals surface area contributed by atoms with Gasteiger partial charge in [-0.2, -0.15) is 0 Å². The highest BCUT2D eigenvalue weighted by molar-refractivity contribution is 5.92. The van der Waals surface area contributed by atoms with Gasteiger partial charge in [0, 0.05) is 6.04 Å². The van der Waals surface area contributed by atoms with Gasteiger partial charge in [-0.25, -0.2) is 0 Å². The molecule has 0 bridgehead atoms. The number of nitrogens with zero attached hydrogens (tertiary/aromatic N) is 1. The van der Waals surface area contributed by atoms with Gasteiger partial charge < -0.3 is 4.90 Å². The first-order valence-corrected chi connectivity index (χ1v) is 6.66. The maximum atomic E-state index is 12.3. The highest BCUT2D eigenvalue weighted by Gasteiger charge is 2.59. The maximum Gasteiger partial charge on any atom is 0.244 e. The number of carbonyl (C=O) groups excluding carboxylic acids is 1. The van der Waals surface area contributed by atoms with Gasteiger partial charge in [-0.3, -0.25) is 10.1 Å². The van der Waals surface area contributed by atoms with Crippen molar-refractivity contribution < 1.29 is 4.79 Å². The van der Waals surface area contributed by atoms with Gasteiger partial charge in [0.2, 0.25) is 5.91 Å². The van der Waals surface area contributed by atoms with Gasteiger partial charge in [-0.05, 0) is 32.6 Å². The molecule has 0 aromatic heterocycles. The second kappa shape index (κ2) is 4.02. The van der Waals surface area contributed by atoms with Crippen molar-refractivity contribution in [1.82, 2.24) is 10.2 Å². The summed E-state index contributed by atoms with van der Waals surface area (Å²) in [5.74, 6) is 0.974. The summed E-state index contributed by atoms with van der Waals surface area (Å²) in [4.78, 5) is 14.4. The van der Waals surface area contributed by atoms with E-state index in [1.807, 2.05) is 0 Å². The second-order valence-electron chi connectivity index (χ2n) is 5.43. The van der Waals surface area contributed by atoms with Crippen molar-refractivity contribution >= 4 is 5.91 Å². The van der Waals surface area contributed by atoms with Gasteiger partial charge in [0.15, 0.2) is 0 Å². The van der Waals surface area contributed by atoms with E-state index in [9.17, 15) is 4.79 Å². The second-order valence-corrected chi connectivity index (χ2v) is 5.43. The summed E-state index contributed by atoms with van der Waals surface area (Å²) < 4.78 is 0. The minimum Gasteiger partial charge on any atom is -0.323 e. The summed E-state index contributed by atoms with van der Waals surface area (Å²) >= 11 is 0. The van der Waals surface area contributed by atoms with Crippen LogP contribution in [-0.2, 0) is 4.79 Å². The summed E-state index contributed by atoms with van der Waals surface area (Å²) in [6.45, 7) is 8.76. The molecule has 92 valence electrons. The van der Waals surface area contributed by atoms with Gasteiger partial charge in [0.25, 0.3) is 0 Å². The Morgan fingerprint density at radius 1 is 1.44 bits per heavy atom. The van der Waals surface area contributed by atoms with Gasteiger partial charge in [0.05, 0.1) is 11.7 Å². The van der Waals surface area contributed by atoms with E-state index >= 15 is 0 Å². The molecule has 2 aliphatic rings. The van der Waals surface area contributed by atoms with E-state index in [-0.39, 0.29) is 11.7 Å². The molecule has 3 nitrogen and oxygen atoms in total. The van der Waals surface area contributed by atoms with Crippen LogP contribution in [0.5, 0.6) is 0 Å². The molecule has 0 radical (unpaired) electrons. The summed E-state index contributed by atoms with van der Waals surface area (Å²) in [5.41, 5.74) is -0.153. The fourth-order valence-electron chi connectivity index (χ4n) is 3.17. The molecule has 1 spiro atoms. The predicted molar refractivity (Wildman–Crippen MR) is 64.9 cm³/mol. The zero-order chi connectivity index (χ0) is 11.9. The Kier molecular flexibility index (Phi) is 2.99. The molecule has 1 aliphatic carbocycles. The van der Waals surface area contributed by atoms with Crippen molar-refractivity contribution in [3.05, 3.63) is 0 Å². The molecule has 1 N–H and O–H groups in total. The topological polar surface area (TPSA) is 32.3 Å². The molecule has 2 atom stereocenters. The molecule has 1 saturated carbocycles. The van der Waals surface area contributed by atoms with Crippen LogP contribution in [0.4, 0.5) is 0 Å². The fraction of sp³-hybridized carbons (Fsp3) is 0.923. The zero-order valence-corrected chi connectivity index (χ0v) is 10.9. The molecule has 0 aromatic rings. The van der Waals surface area contributed by atoms with E-state index in [1.54, 1.807) is 0 Å². The molecule has 2 unspecified atom stereocenters. The summed E-state index contributed by atoms with van der Waals surface area (Å²) in [6.07, 6.45) is 4.58. The lowest BCUT2D eigenvalue weighted by Crippen LogP contribution is -2.45. The Bertz CT molecular complexity index is 282. The van der Waals surface area contributed by atoms with E-state index in [4.69, 9.17) is 0 Å². The average Bonchev–Trinajstić information content (AvgIpc) is 2.95. The molecule has 1 amide bonds. The standard InChI is InChI=1S/C13H24N2O/c1-5-11(6-2)9(3)15-10(4)14-13(7-8-13)12(15)16/h9-11,14H,5-8H2,1-4H3. The number of amides is 1. The van der Waals surface area contributed by atoms with Crippen LogP contribution < -0.4 is 5.32 Å². The van der Waals surface area contributed by atoms with Crippen molar-refractivity contribution in [3.63, 3.8) is 0 Å². The smallest absolute Gasteiger partial charge is 0.244 e. The number of nitrogens with one attached hydrogen (secondary N) is 1. The first-order chi connectivity index (χ1) is 7.55. The van der Waals surface area contributed by atoms with Crippen LogP contribution in [0.3, 0.4) is 0 Å². The average molecular weight is 224 g/mol. The van der Waals surface area contributed by atoms with Crippen LogP contribution >= 0.6 is 0 Å². The summed E-state index contributed by atoms with van der Waals surface area (Å²) in [6, 6.07) is 0.366. The Labute approximate surface area is 98.6 Å². The fourth-order valence-corrected chi connectivity index (χ4v) is 3.17. The van der Waals surface area contributed by atoms with Gasteiger partial charge in [-0.15, -0.1) is 0 Å². The van der Waals surface area contributed by atoms with E-state index in [0.717, 1.165) is 25.7 Å². The van der Waals surface area contributed by atoms with E-state index in [2.05, 4.69) is 37.9 Å². The lowest BCUT2D eigenvalue weighted by atomic mass is 9.94. The van der Waals surface area contributed by atoms with Gasteiger partial charge in [-0.1, -0.05) is 26.7 Å². The van der Waals surface area contributed by atoms with Crippen molar-refractivity contribution in [2.75, 3.05) is 0 Å². The van der Waals surface area contributed by atoms with Crippen LogP contribution in [0.25, 0.3) is 0 Å². The highest BCUT2D eigenvalue weighted by Crippen LogP contribution is 2.43. The quantitative estimate of drug-likeness (QED) is 0.793. The van der Waals surface area contributed by atoms with Crippen LogP contribution in [-0.4, -0.2) is 28.6 Å². The Morgan fingerprint density at radius 2 is 2.00 bits per heavy atom. The van der Waals surface area contributed by atoms with Crippen LogP contribution in [0.1, 0.15) is 53.4 Å². The van der Waals surface area contributed by atoms with Crippen molar-refractivity contribution in [2.45, 2.75) is 71.1 Å². The third kappa shape index (κ3) is 1.65. The Morgan fingerprint density at radius 3 is 2.38 bits per heavy atom. The molecule has 16 heavy (non-hydrogen) atoms. The molecule has 1 heterocycles. The molecular formula is C13H24N2O.